The molecule has 2 N–H and O–H groups in total. The third-order valence-electron chi connectivity index (χ3n) is 3.29. The molecule has 0 amide bonds. The molecule has 3 nitrogen and oxygen atoms in total. The lowest BCUT2D eigenvalue weighted by molar-refractivity contribution is 0.0233. The monoisotopic (exact) mass is 224 g/mol. The van der Waals surface area contributed by atoms with E-state index in [2.05, 4.69) is 4.98 Å². The summed E-state index contributed by atoms with van der Waals surface area (Å²) in [4.78, 5) is 4.07. The molecule has 1 aliphatic heterocycles. The van der Waals surface area contributed by atoms with E-state index in [1.807, 2.05) is 6.92 Å². The third-order valence-corrected chi connectivity index (χ3v) is 3.29. The van der Waals surface area contributed by atoms with Crippen LogP contribution in [0.25, 0.3) is 0 Å². The Labute approximate surface area is 94.8 Å². The summed E-state index contributed by atoms with van der Waals surface area (Å²) in [6, 6.07) is 3.06. The normalized spacial score (nSPS) is 25.1. The zero-order valence-electron chi connectivity index (χ0n) is 9.45. The van der Waals surface area contributed by atoms with Gasteiger partial charge in [0.25, 0.3) is 0 Å². The maximum Gasteiger partial charge on any atom is 0.141 e. The summed E-state index contributed by atoms with van der Waals surface area (Å²) in [5.41, 5.74) is 6.48. The van der Waals surface area contributed by atoms with Crippen molar-refractivity contribution in [2.75, 3.05) is 13.2 Å². The quantitative estimate of drug-likeness (QED) is 0.833. The highest BCUT2D eigenvalue weighted by atomic mass is 19.1. The van der Waals surface area contributed by atoms with E-state index in [9.17, 15) is 4.39 Å². The highest BCUT2D eigenvalue weighted by molar-refractivity contribution is 5.16. The number of ether oxygens (including phenoxy) is 1. The van der Waals surface area contributed by atoms with Crippen LogP contribution in [-0.4, -0.2) is 18.2 Å². The Morgan fingerprint density at radius 1 is 1.56 bits per heavy atom. The minimum absolute atomic E-state index is 0.249. The highest BCUT2D eigenvalue weighted by Gasteiger charge is 2.34. The molecule has 16 heavy (non-hydrogen) atoms. The van der Waals surface area contributed by atoms with Crippen LogP contribution in [0.4, 0.5) is 4.39 Å². The largest absolute Gasteiger partial charge is 0.381 e. The van der Waals surface area contributed by atoms with Crippen LogP contribution in [0.5, 0.6) is 0 Å². The second-order valence-electron chi connectivity index (χ2n) is 4.56. The van der Waals surface area contributed by atoms with Crippen LogP contribution in [0.15, 0.2) is 18.3 Å². The van der Waals surface area contributed by atoms with Crippen molar-refractivity contribution < 1.29 is 9.13 Å². The fraction of sp³-hybridized carbons (Fsp3) is 0.583. The molecule has 2 atom stereocenters. The van der Waals surface area contributed by atoms with Crippen LogP contribution in [-0.2, 0) is 10.3 Å². The first-order valence-electron chi connectivity index (χ1n) is 5.59. The Hall–Kier alpha value is -1.00. The lowest BCUT2D eigenvalue weighted by atomic mass is 9.80. The topological polar surface area (TPSA) is 48.1 Å². The number of halogens is 1. The van der Waals surface area contributed by atoms with Gasteiger partial charge in [0, 0.05) is 12.5 Å². The van der Waals surface area contributed by atoms with Crippen molar-refractivity contribution in [3.05, 3.63) is 29.8 Å². The summed E-state index contributed by atoms with van der Waals surface area (Å²) in [5, 5.41) is 0. The predicted molar refractivity (Wildman–Crippen MR) is 59.3 cm³/mol. The van der Waals surface area contributed by atoms with Gasteiger partial charge in [0.2, 0.25) is 0 Å². The van der Waals surface area contributed by atoms with Crippen molar-refractivity contribution in [3.63, 3.8) is 0 Å². The lowest BCUT2D eigenvalue weighted by Crippen LogP contribution is -2.45. The zero-order chi connectivity index (χ0) is 11.6. The van der Waals surface area contributed by atoms with Gasteiger partial charge in [0.05, 0.1) is 24.0 Å². The molecule has 4 heteroatoms. The number of hydrogen-bond donors (Lipinski definition) is 1. The van der Waals surface area contributed by atoms with E-state index in [1.165, 1.54) is 12.3 Å². The number of pyridine rings is 1. The van der Waals surface area contributed by atoms with E-state index in [0.717, 1.165) is 25.1 Å². The molecular formula is C12H17FN2O. The summed E-state index contributed by atoms with van der Waals surface area (Å²) in [6.07, 6.45) is 3.27. The molecule has 1 aromatic heterocycles. The molecule has 0 saturated carbocycles. The Balaban J connectivity index is 2.19. The molecule has 2 heterocycles. The van der Waals surface area contributed by atoms with E-state index in [0.29, 0.717) is 6.61 Å². The molecule has 2 unspecified atom stereocenters. The van der Waals surface area contributed by atoms with E-state index in [1.54, 1.807) is 6.07 Å². The second kappa shape index (κ2) is 4.47. The SMILES string of the molecule is CC(N)(c1ccc(F)cn1)C1CCCOC1. The smallest absolute Gasteiger partial charge is 0.141 e. The van der Waals surface area contributed by atoms with Crippen LogP contribution in [0, 0.1) is 11.7 Å². The van der Waals surface area contributed by atoms with Gasteiger partial charge in [-0.1, -0.05) is 0 Å². The van der Waals surface area contributed by atoms with E-state index in [4.69, 9.17) is 10.5 Å². The molecule has 0 aliphatic carbocycles. The maximum atomic E-state index is 12.8. The Morgan fingerprint density at radius 2 is 2.38 bits per heavy atom. The van der Waals surface area contributed by atoms with Gasteiger partial charge in [-0.3, -0.25) is 4.98 Å². The summed E-state index contributed by atoms with van der Waals surface area (Å²) >= 11 is 0. The van der Waals surface area contributed by atoms with Crippen LogP contribution >= 0.6 is 0 Å². The van der Waals surface area contributed by atoms with Gasteiger partial charge in [-0.15, -0.1) is 0 Å². The molecule has 1 aromatic rings. The minimum Gasteiger partial charge on any atom is -0.381 e. The molecule has 2 rings (SSSR count). The van der Waals surface area contributed by atoms with Gasteiger partial charge >= 0.3 is 0 Å². The zero-order valence-corrected chi connectivity index (χ0v) is 9.45. The van der Waals surface area contributed by atoms with E-state index >= 15 is 0 Å². The molecular weight excluding hydrogens is 207 g/mol. The van der Waals surface area contributed by atoms with Crippen molar-refractivity contribution in [1.29, 1.82) is 0 Å². The van der Waals surface area contributed by atoms with Crippen molar-refractivity contribution >= 4 is 0 Å². The Bertz CT molecular complexity index is 345. The van der Waals surface area contributed by atoms with E-state index < -0.39 is 5.54 Å². The van der Waals surface area contributed by atoms with Crippen molar-refractivity contribution in [1.82, 2.24) is 4.98 Å². The molecule has 1 aliphatic rings. The van der Waals surface area contributed by atoms with Gasteiger partial charge in [-0.05, 0) is 31.9 Å². The second-order valence-corrected chi connectivity index (χ2v) is 4.56. The number of hydrogen-bond acceptors (Lipinski definition) is 3. The average Bonchev–Trinajstić information content (AvgIpc) is 2.31. The molecule has 0 radical (unpaired) electrons. The number of nitrogens with two attached hydrogens (primary N) is 1. The molecule has 0 spiro atoms. The maximum absolute atomic E-state index is 12.8. The highest BCUT2D eigenvalue weighted by Crippen LogP contribution is 2.31. The summed E-state index contributed by atoms with van der Waals surface area (Å²) in [5.74, 6) is -0.0846. The first kappa shape index (κ1) is 11.5. The van der Waals surface area contributed by atoms with Gasteiger partial charge in [0.1, 0.15) is 5.82 Å². The van der Waals surface area contributed by atoms with Gasteiger partial charge in [0.15, 0.2) is 0 Å². The first-order chi connectivity index (χ1) is 7.60. The van der Waals surface area contributed by atoms with Gasteiger partial charge in [-0.25, -0.2) is 4.39 Å². The first-order valence-corrected chi connectivity index (χ1v) is 5.59. The third kappa shape index (κ3) is 2.23. The van der Waals surface area contributed by atoms with Crippen molar-refractivity contribution in [3.8, 4) is 0 Å². The van der Waals surface area contributed by atoms with Crippen LogP contribution in [0.1, 0.15) is 25.5 Å². The summed E-state index contributed by atoms with van der Waals surface area (Å²) in [6.45, 7) is 3.40. The van der Waals surface area contributed by atoms with Crippen LogP contribution in [0.2, 0.25) is 0 Å². The molecule has 0 aromatic carbocycles. The van der Waals surface area contributed by atoms with Crippen molar-refractivity contribution in [2.45, 2.75) is 25.3 Å². The van der Waals surface area contributed by atoms with Crippen molar-refractivity contribution in [2.24, 2.45) is 11.7 Å². The Kier molecular flexibility index (Phi) is 3.21. The lowest BCUT2D eigenvalue weighted by Gasteiger charge is -2.36. The van der Waals surface area contributed by atoms with Crippen LogP contribution < -0.4 is 5.73 Å². The number of nitrogens with zero attached hydrogens (tertiary/aromatic N) is 1. The fourth-order valence-electron chi connectivity index (χ4n) is 2.12. The average molecular weight is 224 g/mol. The standard InChI is InChI=1S/C12H17FN2O/c1-12(14,9-3-2-6-16-8-9)11-5-4-10(13)7-15-11/h4-5,7,9H,2-3,6,8,14H2,1H3. The molecule has 1 saturated heterocycles. The molecule has 1 fully saturated rings. The predicted octanol–water partition coefficient (Wildman–Crippen LogP) is 1.82. The molecule has 0 bridgehead atoms. The van der Waals surface area contributed by atoms with Crippen LogP contribution in [0.3, 0.4) is 0 Å². The summed E-state index contributed by atoms with van der Waals surface area (Å²) < 4.78 is 18.2. The minimum atomic E-state index is -0.547. The Morgan fingerprint density at radius 3 is 2.94 bits per heavy atom. The van der Waals surface area contributed by atoms with Gasteiger partial charge < -0.3 is 10.5 Å². The van der Waals surface area contributed by atoms with E-state index in [-0.39, 0.29) is 11.7 Å². The number of aromatic nitrogens is 1. The number of rotatable bonds is 2. The molecule has 88 valence electrons. The fourth-order valence-corrected chi connectivity index (χ4v) is 2.12. The summed E-state index contributed by atoms with van der Waals surface area (Å²) in [7, 11) is 0. The van der Waals surface area contributed by atoms with Gasteiger partial charge in [-0.2, -0.15) is 0 Å².